The second kappa shape index (κ2) is 7.44. The van der Waals surface area contributed by atoms with Gasteiger partial charge in [0.2, 0.25) is 10.0 Å². The van der Waals surface area contributed by atoms with E-state index in [0.29, 0.717) is 32.7 Å². The summed E-state index contributed by atoms with van der Waals surface area (Å²) in [7, 11) is -3.38. The molecule has 0 fully saturated rings. The molecular formula is C13H19BrN2O4S. The van der Waals surface area contributed by atoms with Crippen LogP contribution < -0.4 is 19.9 Å². The molecule has 0 bridgehead atoms. The van der Waals surface area contributed by atoms with Gasteiger partial charge in [0.25, 0.3) is 0 Å². The highest BCUT2D eigenvalue weighted by Gasteiger charge is 2.15. The number of rotatable bonds is 6. The van der Waals surface area contributed by atoms with Gasteiger partial charge in [0.05, 0.1) is 23.4 Å². The van der Waals surface area contributed by atoms with Crippen molar-refractivity contribution in [2.24, 2.45) is 5.14 Å². The first-order valence-corrected chi connectivity index (χ1v) is 9.26. The van der Waals surface area contributed by atoms with Crippen molar-refractivity contribution in [3.05, 3.63) is 22.2 Å². The Labute approximate surface area is 133 Å². The Kier molecular flexibility index (Phi) is 5.86. The lowest BCUT2D eigenvalue weighted by molar-refractivity contribution is 0.296. The van der Waals surface area contributed by atoms with Gasteiger partial charge in [0.15, 0.2) is 11.5 Å². The molecule has 0 saturated carbocycles. The SMILES string of the molecule is NS(=O)(=O)CCCNCc1cc(Br)c2c(c1)OCCCO2. The Balaban J connectivity index is 1.89. The quantitative estimate of drug-likeness (QED) is 0.729. The number of fused-ring (bicyclic) bond motifs is 1. The summed E-state index contributed by atoms with van der Waals surface area (Å²) in [5, 5.41) is 8.13. The summed E-state index contributed by atoms with van der Waals surface area (Å²) in [5.41, 5.74) is 1.04. The lowest BCUT2D eigenvalue weighted by atomic mass is 10.2. The van der Waals surface area contributed by atoms with Gasteiger partial charge in [-0.3, -0.25) is 0 Å². The van der Waals surface area contributed by atoms with E-state index in [9.17, 15) is 8.42 Å². The van der Waals surface area contributed by atoms with Crippen LogP contribution in [-0.4, -0.2) is 33.9 Å². The van der Waals surface area contributed by atoms with E-state index in [2.05, 4.69) is 21.2 Å². The van der Waals surface area contributed by atoms with Crippen LogP contribution in [0.4, 0.5) is 0 Å². The van der Waals surface area contributed by atoms with Crippen LogP contribution in [0, 0.1) is 0 Å². The Hall–Kier alpha value is -0.830. The first kappa shape index (κ1) is 16.5. The molecule has 118 valence electrons. The van der Waals surface area contributed by atoms with E-state index in [1.165, 1.54) is 0 Å². The summed E-state index contributed by atoms with van der Waals surface area (Å²) in [6.07, 6.45) is 1.35. The predicted molar refractivity (Wildman–Crippen MR) is 84.0 cm³/mol. The zero-order valence-corrected chi connectivity index (χ0v) is 14.0. The Morgan fingerprint density at radius 1 is 1.29 bits per heavy atom. The Morgan fingerprint density at radius 3 is 2.81 bits per heavy atom. The summed E-state index contributed by atoms with van der Waals surface area (Å²) in [5.74, 6) is 1.47. The number of halogens is 1. The summed E-state index contributed by atoms with van der Waals surface area (Å²) in [6, 6.07) is 3.91. The largest absolute Gasteiger partial charge is 0.490 e. The van der Waals surface area contributed by atoms with E-state index in [4.69, 9.17) is 14.6 Å². The third-order valence-electron chi connectivity index (χ3n) is 2.97. The molecule has 1 aliphatic heterocycles. The first-order chi connectivity index (χ1) is 9.96. The standard InChI is InChI=1S/C13H19BrN2O4S/c14-11-7-10(9-16-3-1-6-21(15,17)18)8-12-13(11)20-5-2-4-19-12/h7-8,16H,1-6,9H2,(H2,15,17,18). The van der Waals surface area contributed by atoms with Crippen LogP contribution in [0.5, 0.6) is 11.5 Å². The highest BCUT2D eigenvalue weighted by molar-refractivity contribution is 9.10. The van der Waals surface area contributed by atoms with Gasteiger partial charge in [0, 0.05) is 13.0 Å². The molecule has 0 spiro atoms. The Bertz CT molecular complexity index is 592. The summed E-state index contributed by atoms with van der Waals surface area (Å²) >= 11 is 3.49. The maximum Gasteiger partial charge on any atom is 0.209 e. The molecule has 0 atom stereocenters. The second-order valence-corrected chi connectivity index (χ2v) is 7.44. The molecule has 0 aliphatic carbocycles. The van der Waals surface area contributed by atoms with Gasteiger partial charge >= 0.3 is 0 Å². The molecule has 0 unspecified atom stereocenters. The van der Waals surface area contributed by atoms with Gasteiger partial charge in [-0.15, -0.1) is 0 Å². The van der Waals surface area contributed by atoms with Crippen molar-refractivity contribution >= 4 is 26.0 Å². The van der Waals surface area contributed by atoms with Crippen molar-refractivity contribution in [3.63, 3.8) is 0 Å². The molecule has 1 heterocycles. The minimum absolute atomic E-state index is 0.00909. The summed E-state index contributed by atoms with van der Waals surface area (Å²) < 4.78 is 33.8. The number of sulfonamides is 1. The van der Waals surface area contributed by atoms with Gasteiger partial charge in [-0.05, 0) is 46.6 Å². The van der Waals surface area contributed by atoms with Crippen LogP contribution in [-0.2, 0) is 16.6 Å². The highest BCUT2D eigenvalue weighted by Crippen LogP contribution is 2.38. The van der Waals surface area contributed by atoms with Crippen molar-refractivity contribution in [1.29, 1.82) is 0 Å². The third kappa shape index (κ3) is 5.46. The van der Waals surface area contributed by atoms with Crippen LogP contribution in [0.15, 0.2) is 16.6 Å². The van der Waals surface area contributed by atoms with E-state index >= 15 is 0 Å². The molecule has 1 aliphatic rings. The number of ether oxygens (including phenoxy) is 2. The van der Waals surface area contributed by atoms with Gasteiger partial charge in [0.1, 0.15) is 0 Å². The average Bonchev–Trinajstić information content (AvgIpc) is 2.62. The minimum atomic E-state index is -3.38. The van der Waals surface area contributed by atoms with Crippen molar-refractivity contribution < 1.29 is 17.9 Å². The van der Waals surface area contributed by atoms with E-state index < -0.39 is 10.0 Å². The summed E-state index contributed by atoms with van der Waals surface area (Å²) in [6.45, 7) is 2.50. The summed E-state index contributed by atoms with van der Waals surface area (Å²) in [4.78, 5) is 0. The smallest absolute Gasteiger partial charge is 0.209 e. The second-order valence-electron chi connectivity index (χ2n) is 4.85. The molecule has 0 radical (unpaired) electrons. The zero-order valence-electron chi connectivity index (χ0n) is 11.6. The minimum Gasteiger partial charge on any atom is -0.490 e. The monoisotopic (exact) mass is 378 g/mol. The fraction of sp³-hybridized carbons (Fsp3) is 0.538. The van der Waals surface area contributed by atoms with Crippen molar-refractivity contribution in [2.75, 3.05) is 25.5 Å². The van der Waals surface area contributed by atoms with E-state index in [-0.39, 0.29) is 5.75 Å². The predicted octanol–water partition coefficient (Wildman–Crippen LogP) is 1.38. The van der Waals surface area contributed by atoms with Gasteiger partial charge in [-0.25, -0.2) is 13.6 Å². The molecule has 6 nitrogen and oxygen atoms in total. The molecule has 1 aromatic carbocycles. The molecule has 0 aromatic heterocycles. The Morgan fingerprint density at radius 2 is 2.05 bits per heavy atom. The van der Waals surface area contributed by atoms with Crippen molar-refractivity contribution in [3.8, 4) is 11.5 Å². The van der Waals surface area contributed by atoms with Gasteiger partial charge < -0.3 is 14.8 Å². The topological polar surface area (TPSA) is 90.7 Å². The van der Waals surface area contributed by atoms with Crippen LogP contribution in [0.2, 0.25) is 0 Å². The average molecular weight is 379 g/mol. The molecule has 3 N–H and O–H groups in total. The first-order valence-electron chi connectivity index (χ1n) is 6.75. The normalized spacial score (nSPS) is 14.8. The maximum absolute atomic E-state index is 10.8. The number of nitrogens with two attached hydrogens (primary N) is 1. The highest BCUT2D eigenvalue weighted by atomic mass is 79.9. The number of primary sulfonamides is 1. The number of nitrogens with one attached hydrogen (secondary N) is 1. The lowest BCUT2D eigenvalue weighted by Crippen LogP contribution is -2.22. The molecular weight excluding hydrogens is 360 g/mol. The number of benzene rings is 1. The molecule has 0 amide bonds. The maximum atomic E-state index is 10.8. The van der Waals surface area contributed by atoms with E-state index in [0.717, 1.165) is 28.0 Å². The van der Waals surface area contributed by atoms with Crippen molar-refractivity contribution in [2.45, 2.75) is 19.4 Å². The van der Waals surface area contributed by atoms with Crippen LogP contribution in [0.25, 0.3) is 0 Å². The van der Waals surface area contributed by atoms with E-state index in [1.807, 2.05) is 12.1 Å². The number of hydrogen-bond acceptors (Lipinski definition) is 5. The van der Waals surface area contributed by atoms with E-state index in [1.54, 1.807) is 0 Å². The van der Waals surface area contributed by atoms with Crippen LogP contribution >= 0.6 is 15.9 Å². The third-order valence-corrected chi connectivity index (χ3v) is 4.42. The van der Waals surface area contributed by atoms with Crippen molar-refractivity contribution in [1.82, 2.24) is 5.32 Å². The molecule has 21 heavy (non-hydrogen) atoms. The zero-order chi connectivity index (χ0) is 15.3. The molecule has 8 heteroatoms. The van der Waals surface area contributed by atoms with Crippen LogP contribution in [0.1, 0.15) is 18.4 Å². The van der Waals surface area contributed by atoms with Crippen LogP contribution in [0.3, 0.4) is 0 Å². The van der Waals surface area contributed by atoms with Gasteiger partial charge in [-0.2, -0.15) is 0 Å². The molecule has 1 aromatic rings. The molecule has 0 saturated heterocycles. The fourth-order valence-electron chi connectivity index (χ4n) is 2.02. The van der Waals surface area contributed by atoms with Gasteiger partial charge in [-0.1, -0.05) is 0 Å². The lowest BCUT2D eigenvalue weighted by Gasteiger charge is -2.12. The fourth-order valence-corrected chi connectivity index (χ4v) is 3.17. The number of hydrogen-bond donors (Lipinski definition) is 2. The molecule has 2 rings (SSSR count).